The average molecular weight is 455 g/mol. The smallest absolute Gasteiger partial charge is 0.467 e. The highest BCUT2D eigenvalue weighted by atomic mass is 16.6. The van der Waals surface area contributed by atoms with Crippen LogP contribution in [0.3, 0.4) is 0 Å². The highest BCUT2D eigenvalue weighted by molar-refractivity contribution is 6.61. The van der Waals surface area contributed by atoms with Gasteiger partial charge in [-0.3, -0.25) is 4.79 Å². The van der Waals surface area contributed by atoms with Crippen molar-refractivity contribution in [2.24, 2.45) is 0 Å². The number of rotatable bonds is 8. The summed E-state index contributed by atoms with van der Waals surface area (Å²) in [5.41, 5.74) is 2.27. The topological polar surface area (TPSA) is 73.9 Å². The summed E-state index contributed by atoms with van der Waals surface area (Å²) < 4.78 is 15.6. The lowest BCUT2D eigenvalue weighted by atomic mass is 9.78. The largest absolute Gasteiger partial charge is 0.493 e. The van der Waals surface area contributed by atoms with Crippen LogP contribution < -0.4 is 10.8 Å². The van der Waals surface area contributed by atoms with E-state index in [1.165, 1.54) is 7.11 Å². The Kier molecular flexibility index (Phi) is 7.26. The molecule has 1 atom stereocenters. The zero-order chi connectivity index (χ0) is 24.1. The fourth-order valence-electron chi connectivity index (χ4n) is 4.24. The Morgan fingerprint density at radius 2 is 1.38 bits per heavy atom. The molecule has 0 aliphatic rings. The number of fused-ring (bicyclic) bond motifs is 2. The van der Waals surface area contributed by atoms with Crippen LogP contribution in [0.5, 0.6) is 0 Å². The Labute approximate surface area is 199 Å². The number of benzene rings is 4. The SMILES string of the molecule is COB(OC)c1ccc(C[C@H](NC(=O)c2c3ccccc3cc3ccccc23)C(=O)OC)cc1. The van der Waals surface area contributed by atoms with E-state index < -0.39 is 19.1 Å². The van der Waals surface area contributed by atoms with E-state index in [2.05, 4.69) is 11.4 Å². The van der Waals surface area contributed by atoms with Gasteiger partial charge in [-0.2, -0.15) is 0 Å². The van der Waals surface area contributed by atoms with Gasteiger partial charge in [0.05, 0.1) is 12.7 Å². The predicted molar refractivity (Wildman–Crippen MR) is 134 cm³/mol. The molecule has 6 nitrogen and oxygen atoms in total. The second-order valence-electron chi connectivity index (χ2n) is 7.99. The van der Waals surface area contributed by atoms with Crippen molar-refractivity contribution in [3.63, 3.8) is 0 Å². The van der Waals surface area contributed by atoms with E-state index in [4.69, 9.17) is 14.0 Å². The molecule has 0 saturated heterocycles. The summed E-state index contributed by atoms with van der Waals surface area (Å²) >= 11 is 0. The van der Waals surface area contributed by atoms with Gasteiger partial charge < -0.3 is 19.4 Å². The monoisotopic (exact) mass is 455 g/mol. The third kappa shape index (κ3) is 4.81. The van der Waals surface area contributed by atoms with Gasteiger partial charge in [-0.25, -0.2) is 4.79 Å². The van der Waals surface area contributed by atoms with Crippen molar-refractivity contribution in [3.8, 4) is 0 Å². The number of amides is 1. The first-order valence-electron chi connectivity index (χ1n) is 11.0. The van der Waals surface area contributed by atoms with Gasteiger partial charge in [-0.05, 0) is 38.6 Å². The molecule has 0 heterocycles. The third-order valence-corrected chi connectivity index (χ3v) is 5.91. The van der Waals surface area contributed by atoms with Crippen LogP contribution in [0.25, 0.3) is 21.5 Å². The Morgan fingerprint density at radius 3 is 1.91 bits per heavy atom. The molecule has 0 aliphatic carbocycles. The zero-order valence-electron chi connectivity index (χ0n) is 19.4. The average Bonchev–Trinajstić information content (AvgIpc) is 2.87. The fraction of sp³-hybridized carbons (Fsp3) is 0.185. The lowest BCUT2D eigenvalue weighted by molar-refractivity contribution is -0.142. The normalized spacial score (nSPS) is 11.9. The summed E-state index contributed by atoms with van der Waals surface area (Å²) in [6.07, 6.45) is 0.284. The quantitative estimate of drug-likeness (QED) is 0.250. The summed E-state index contributed by atoms with van der Waals surface area (Å²) in [5, 5.41) is 6.50. The molecular weight excluding hydrogens is 429 g/mol. The lowest BCUT2D eigenvalue weighted by Crippen LogP contribution is -2.43. The molecule has 0 radical (unpaired) electrons. The standard InChI is InChI=1S/C27H26BNO5/c1-32-27(31)24(16-18-12-14-21(15-13-18)28(33-2)34-3)29-26(30)25-22-10-6-4-8-19(22)17-20-9-5-7-11-23(20)25/h4-15,17,24H,16H2,1-3H3,(H,29,30)/t24-/m0/s1. The van der Waals surface area contributed by atoms with Crippen LogP contribution in [0, 0.1) is 0 Å². The molecule has 34 heavy (non-hydrogen) atoms. The van der Waals surface area contributed by atoms with Gasteiger partial charge in [-0.1, -0.05) is 72.8 Å². The first-order valence-corrected chi connectivity index (χ1v) is 11.0. The Balaban J connectivity index is 1.65. The first kappa shape index (κ1) is 23.5. The Hall–Kier alpha value is -3.68. The molecular formula is C27H26BNO5. The number of carbonyl (C=O) groups is 2. The van der Waals surface area contributed by atoms with Crippen LogP contribution in [0.2, 0.25) is 0 Å². The Morgan fingerprint density at radius 1 is 0.824 bits per heavy atom. The van der Waals surface area contributed by atoms with E-state index in [1.54, 1.807) is 14.2 Å². The van der Waals surface area contributed by atoms with E-state index in [0.717, 1.165) is 32.6 Å². The molecule has 4 aromatic rings. The number of methoxy groups -OCH3 is 1. The van der Waals surface area contributed by atoms with Crippen LogP contribution >= 0.6 is 0 Å². The number of hydrogen-bond acceptors (Lipinski definition) is 5. The molecule has 1 N–H and O–H groups in total. The van der Waals surface area contributed by atoms with Crippen molar-refractivity contribution in [2.75, 3.05) is 21.3 Å². The van der Waals surface area contributed by atoms with E-state index in [0.29, 0.717) is 5.56 Å². The maximum absolute atomic E-state index is 13.6. The molecule has 0 unspecified atom stereocenters. The molecule has 0 aromatic heterocycles. The molecule has 0 spiro atoms. The summed E-state index contributed by atoms with van der Waals surface area (Å²) in [5.74, 6) is -0.826. The van der Waals surface area contributed by atoms with Gasteiger partial charge in [0.1, 0.15) is 6.04 Å². The number of carbonyl (C=O) groups excluding carboxylic acids is 2. The molecule has 7 heteroatoms. The van der Waals surface area contributed by atoms with Crippen molar-refractivity contribution in [2.45, 2.75) is 12.5 Å². The van der Waals surface area contributed by atoms with Gasteiger partial charge in [0.2, 0.25) is 0 Å². The van der Waals surface area contributed by atoms with Crippen LogP contribution in [-0.2, 0) is 25.3 Å². The minimum atomic E-state index is -0.846. The van der Waals surface area contributed by atoms with Crippen molar-refractivity contribution >= 4 is 46.0 Å². The minimum absolute atomic E-state index is 0.284. The second-order valence-corrected chi connectivity index (χ2v) is 7.99. The number of esters is 1. The van der Waals surface area contributed by atoms with Gasteiger partial charge in [0, 0.05) is 20.6 Å². The van der Waals surface area contributed by atoms with E-state index in [1.807, 2.05) is 72.8 Å². The summed E-state index contributed by atoms with van der Waals surface area (Å²) in [4.78, 5) is 26.2. The summed E-state index contributed by atoms with van der Waals surface area (Å²) in [7, 11) is 3.99. The third-order valence-electron chi connectivity index (χ3n) is 5.91. The molecule has 1 amide bonds. The molecule has 172 valence electrons. The number of nitrogens with one attached hydrogen (secondary N) is 1. The van der Waals surface area contributed by atoms with Gasteiger partial charge in [-0.15, -0.1) is 0 Å². The minimum Gasteiger partial charge on any atom is -0.467 e. The van der Waals surface area contributed by atoms with Crippen molar-refractivity contribution in [1.82, 2.24) is 5.32 Å². The molecule has 0 aliphatic heterocycles. The molecule has 0 saturated carbocycles. The maximum Gasteiger partial charge on any atom is 0.493 e. The zero-order valence-corrected chi connectivity index (χ0v) is 19.4. The Bertz CT molecular complexity index is 1260. The van der Waals surface area contributed by atoms with Crippen LogP contribution in [0.15, 0.2) is 78.9 Å². The van der Waals surface area contributed by atoms with Gasteiger partial charge in [0.25, 0.3) is 5.91 Å². The van der Waals surface area contributed by atoms with Crippen molar-refractivity contribution < 1.29 is 23.6 Å². The van der Waals surface area contributed by atoms with E-state index >= 15 is 0 Å². The highest BCUT2D eigenvalue weighted by Crippen LogP contribution is 2.28. The number of hydrogen-bond donors (Lipinski definition) is 1. The number of ether oxygens (including phenoxy) is 1. The summed E-state index contributed by atoms with van der Waals surface area (Å²) in [6, 6.07) is 24.2. The lowest BCUT2D eigenvalue weighted by Gasteiger charge is -2.19. The first-order chi connectivity index (χ1) is 16.5. The van der Waals surface area contributed by atoms with Crippen LogP contribution in [0.1, 0.15) is 15.9 Å². The molecule has 0 fully saturated rings. The van der Waals surface area contributed by atoms with E-state index in [9.17, 15) is 9.59 Å². The molecule has 4 rings (SSSR count). The molecule has 4 aromatic carbocycles. The van der Waals surface area contributed by atoms with E-state index in [-0.39, 0.29) is 12.3 Å². The fourth-order valence-corrected chi connectivity index (χ4v) is 4.24. The highest BCUT2D eigenvalue weighted by Gasteiger charge is 2.25. The van der Waals surface area contributed by atoms with Crippen molar-refractivity contribution in [1.29, 1.82) is 0 Å². The predicted octanol–water partition coefficient (Wildman–Crippen LogP) is 3.50. The molecule has 0 bridgehead atoms. The van der Waals surface area contributed by atoms with Gasteiger partial charge in [0.15, 0.2) is 0 Å². The van der Waals surface area contributed by atoms with Crippen molar-refractivity contribution in [3.05, 3.63) is 90.0 Å². The van der Waals surface area contributed by atoms with Gasteiger partial charge >= 0.3 is 13.1 Å². The van der Waals surface area contributed by atoms with Crippen LogP contribution in [0.4, 0.5) is 0 Å². The van der Waals surface area contributed by atoms with Crippen LogP contribution in [-0.4, -0.2) is 46.4 Å². The maximum atomic E-state index is 13.6. The summed E-state index contributed by atoms with van der Waals surface area (Å²) in [6.45, 7) is 0. The second kappa shape index (κ2) is 10.5.